The summed E-state index contributed by atoms with van der Waals surface area (Å²) in [6.45, 7) is 7.89. The Balaban J connectivity index is 2.02. The van der Waals surface area contributed by atoms with E-state index in [1.54, 1.807) is 17.1 Å². The van der Waals surface area contributed by atoms with E-state index in [2.05, 4.69) is 46.1 Å². The minimum atomic E-state index is 0.0687. The largest absolute Gasteiger partial charge is 0.354 e. The molecular weight excluding hydrogens is 264 g/mol. The first kappa shape index (κ1) is 15.4. The Morgan fingerprint density at radius 2 is 2.00 bits per heavy atom. The average molecular weight is 288 g/mol. The lowest BCUT2D eigenvalue weighted by Gasteiger charge is -2.21. The Bertz CT molecular complexity index is 584. The first-order chi connectivity index (χ1) is 9.83. The molecule has 0 fully saturated rings. The molecule has 1 N–H and O–H groups in total. The van der Waals surface area contributed by atoms with Gasteiger partial charge in [-0.05, 0) is 20.8 Å². The number of nitrogens with zero attached hydrogens (tertiary/aromatic N) is 5. The van der Waals surface area contributed by atoms with Crippen LogP contribution in [0.4, 0.5) is 5.82 Å². The van der Waals surface area contributed by atoms with Gasteiger partial charge in [0.05, 0.1) is 18.1 Å². The lowest BCUT2D eigenvalue weighted by Crippen LogP contribution is -2.35. The minimum Gasteiger partial charge on any atom is -0.354 e. The van der Waals surface area contributed by atoms with Gasteiger partial charge in [0.15, 0.2) is 0 Å². The average Bonchev–Trinajstić information content (AvgIpc) is 2.81. The monoisotopic (exact) mass is 288 g/mol. The van der Waals surface area contributed by atoms with Crippen molar-refractivity contribution in [1.82, 2.24) is 25.1 Å². The van der Waals surface area contributed by atoms with Gasteiger partial charge in [-0.3, -0.25) is 9.67 Å². The molecule has 0 amide bonds. The van der Waals surface area contributed by atoms with Crippen molar-refractivity contribution in [3.63, 3.8) is 0 Å². The van der Waals surface area contributed by atoms with Gasteiger partial charge in [-0.25, -0.2) is 4.98 Å². The van der Waals surface area contributed by atoms with Crippen LogP contribution in [-0.4, -0.2) is 32.3 Å². The molecule has 2 aromatic heterocycles. The number of hydrogen-bond acceptors (Lipinski definition) is 5. The first-order valence-corrected chi connectivity index (χ1v) is 7.08. The van der Waals surface area contributed by atoms with E-state index < -0.39 is 0 Å². The third kappa shape index (κ3) is 4.82. The Morgan fingerprint density at radius 3 is 2.62 bits per heavy atom. The molecule has 6 nitrogen and oxygen atoms in total. The van der Waals surface area contributed by atoms with E-state index in [1.165, 1.54) is 0 Å². The number of aromatic nitrogens is 4. The molecule has 0 radical (unpaired) electrons. The van der Waals surface area contributed by atoms with Gasteiger partial charge in [0.2, 0.25) is 0 Å². The van der Waals surface area contributed by atoms with Crippen molar-refractivity contribution in [3.8, 4) is 0 Å². The fourth-order valence-corrected chi connectivity index (χ4v) is 1.93. The quantitative estimate of drug-likeness (QED) is 0.908. The Hall–Kier alpha value is -1.95. The molecule has 2 aromatic rings. The molecule has 0 saturated heterocycles. The molecule has 0 unspecified atom stereocenters. The van der Waals surface area contributed by atoms with E-state index in [4.69, 9.17) is 0 Å². The molecule has 0 aliphatic heterocycles. The van der Waals surface area contributed by atoms with Crippen LogP contribution in [0.1, 0.15) is 32.0 Å². The molecule has 0 aliphatic rings. The van der Waals surface area contributed by atoms with Crippen molar-refractivity contribution in [2.24, 2.45) is 7.05 Å². The number of anilines is 1. The summed E-state index contributed by atoms with van der Waals surface area (Å²) in [7, 11) is 3.93. The minimum absolute atomic E-state index is 0.0687. The summed E-state index contributed by atoms with van der Waals surface area (Å²) >= 11 is 0. The number of hydrogen-bond donors (Lipinski definition) is 1. The van der Waals surface area contributed by atoms with Crippen LogP contribution in [0.5, 0.6) is 0 Å². The van der Waals surface area contributed by atoms with Crippen molar-refractivity contribution in [2.75, 3.05) is 11.9 Å². The number of rotatable bonds is 5. The Kier molecular flexibility index (Phi) is 4.57. The van der Waals surface area contributed by atoms with Crippen molar-refractivity contribution >= 4 is 5.82 Å². The Labute approximate surface area is 126 Å². The molecule has 6 heteroatoms. The molecule has 2 heterocycles. The van der Waals surface area contributed by atoms with Crippen LogP contribution in [0.3, 0.4) is 0 Å². The number of nitrogens with one attached hydrogen (secondary N) is 1. The second kappa shape index (κ2) is 6.22. The topological polar surface area (TPSA) is 58.9 Å². The van der Waals surface area contributed by atoms with Crippen LogP contribution in [0, 0.1) is 0 Å². The highest BCUT2D eigenvalue weighted by molar-refractivity contribution is 5.36. The fourth-order valence-electron chi connectivity index (χ4n) is 1.93. The van der Waals surface area contributed by atoms with Crippen LogP contribution in [-0.2, 0) is 20.1 Å². The predicted molar refractivity (Wildman–Crippen MR) is 83.9 cm³/mol. The highest BCUT2D eigenvalue weighted by Gasteiger charge is 2.11. The predicted octanol–water partition coefficient (Wildman–Crippen LogP) is 1.73. The molecule has 0 atom stereocenters. The van der Waals surface area contributed by atoms with E-state index in [9.17, 15) is 0 Å². The van der Waals surface area contributed by atoms with Gasteiger partial charge < -0.3 is 10.2 Å². The SMILES string of the molecule is CN(Cc1cnn(C)c1)c1cncc(CNC(C)(C)C)n1. The molecule has 0 aliphatic carbocycles. The lowest BCUT2D eigenvalue weighted by atomic mass is 10.1. The van der Waals surface area contributed by atoms with Crippen LogP contribution in [0.25, 0.3) is 0 Å². The van der Waals surface area contributed by atoms with E-state index in [0.717, 1.165) is 23.6 Å². The molecule has 0 aromatic carbocycles. The van der Waals surface area contributed by atoms with Crippen molar-refractivity contribution < 1.29 is 0 Å². The van der Waals surface area contributed by atoms with E-state index >= 15 is 0 Å². The maximum atomic E-state index is 4.65. The lowest BCUT2D eigenvalue weighted by molar-refractivity contribution is 0.421. The zero-order valence-corrected chi connectivity index (χ0v) is 13.5. The van der Waals surface area contributed by atoms with Gasteiger partial charge in [0.25, 0.3) is 0 Å². The molecule has 114 valence electrons. The smallest absolute Gasteiger partial charge is 0.147 e. The maximum Gasteiger partial charge on any atom is 0.147 e. The molecular formula is C15H24N6. The van der Waals surface area contributed by atoms with Crippen molar-refractivity contribution in [2.45, 2.75) is 39.4 Å². The normalized spacial score (nSPS) is 11.7. The fraction of sp³-hybridized carbons (Fsp3) is 0.533. The summed E-state index contributed by atoms with van der Waals surface area (Å²) in [5.41, 5.74) is 2.17. The summed E-state index contributed by atoms with van der Waals surface area (Å²) < 4.78 is 1.80. The van der Waals surface area contributed by atoms with Gasteiger partial charge in [0.1, 0.15) is 5.82 Å². The zero-order valence-electron chi connectivity index (χ0n) is 13.5. The summed E-state index contributed by atoms with van der Waals surface area (Å²) in [4.78, 5) is 11.0. The second-order valence-corrected chi connectivity index (χ2v) is 6.35. The van der Waals surface area contributed by atoms with E-state index in [1.807, 2.05) is 26.5 Å². The summed E-state index contributed by atoms with van der Waals surface area (Å²) in [5, 5.41) is 7.60. The van der Waals surface area contributed by atoms with E-state index in [0.29, 0.717) is 6.54 Å². The van der Waals surface area contributed by atoms with Gasteiger partial charge in [-0.15, -0.1) is 0 Å². The van der Waals surface area contributed by atoms with Gasteiger partial charge in [-0.2, -0.15) is 5.10 Å². The Morgan fingerprint density at radius 1 is 1.24 bits per heavy atom. The second-order valence-electron chi connectivity index (χ2n) is 6.35. The van der Waals surface area contributed by atoms with Gasteiger partial charge in [-0.1, -0.05) is 0 Å². The van der Waals surface area contributed by atoms with Crippen LogP contribution >= 0.6 is 0 Å². The van der Waals surface area contributed by atoms with Gasteiger partial charge in [0, 0.05) is 50.7 Å². The van der Waals surface area contributed by atoms with Gasteiger partial charge >= 0.3 is 0 Å². The highest BCUT2D eigenvalue weighted by atomic mass is 15.2. The first-order valence-electron chi connectivity index (χ1n) is 7.08. The van der Waals surface area contributed by atoms with Crippen LogP contribution < -0.4 is 10.2 Å². The summed E-state index contributed by atoms with van der Waals surface area (Å²) in [6, 6.07) is 0. The molecule has 21 heavy (non-hydrogen) atoms. The molecule has 0 saturated carbocycles. The zero-order chi connectivity index (χ0) is 15.5. The van der Waals surface area contributed by atoms with Crippen LogP contribution in [0.2, 0.25) is 0 Å². The summed E-state index contributed by atoms with van der Waals surface area (Å²) in [5.74, 6) is 0.868. The third-order valence-corrected chi connectivity index (χ3v) is 3.04. The van der Waals surface area contributed by atoms with Crippen molar-refractivity contribution in [3.05, 3.63) is 36.0 Å². The molecule has 0 bridgehead atoms. The van der Waals surface area contributed by atoms with Crippen molar-refractivity contribution in [1.29, 1.82) is 0 Å². The van der Waals surface area contributed by atoms with Crippen LogP contribution in [0.15, 0.2) is 24.8 Å². The molecule has 2 rings (SSSR count). The summed E-state index contributed by atoms with van der Waals surface area (Å²) in [6.07, 6.45) is 7.47. The maximum absolute atomic E-state index is 4.65. The number of aryl methyl sites for hydroxylation is 1. The van der Waals surface area contributed by atoms with E-state index in [-0.39, 0.29) is 5.54 Å². The molecule has 0 spiro atoms. The highest BCUT2D eigenvalue weighted by Crippen LogP contribution is 2.12. The third-order valence-electron chi connectivity index (χ3n) is 3.04. The standard InChI is InChI=1S/C15H24N6/c1-15(2,3)17-8-13-7-16-9-14(19-13)20(4)10-12-6-18-21(5)11-12/h6-7,9,11,17H,8,10H2,1-5H3.